The molecule has 0 aromatic carbocycles. The van der Waals surface area contributed by atoms with Crippen LogP contribution in [0, 0.1) is 0 Å². The van der Waals surface area contributed by atoms with Crippen LogP contribution in [0.15, 0.2) is 24.5 Å². The van der Waals surface area contributed by atoms with E-state index in [4.69, 9.17) is 0 Å². The average molecular weight is 236 g/mol. The molecule has 0 bridgehead atoms. The Hall–Kier alpha value is -0.540. The second kappa shape index (κ2) is 5.19. The first-order valence-electron chi connectivity index (χ1n) is 5.94. The van der Waals surface area contributed by atoms with Gasteiger partial charge in [0.1, 0.15) is 0 Å². The van der Waals surface area contributed by atoms with E-state index in [-0.39, 0.29) is 0 Å². The lowest BCUT2D eigenvalue weighted by molar-refractivity contribution is 0.334. The number of aromatic nitrogens is 1. The largest absolute Gasteiger partial charge is 0.309 e. The lowest BCUT2D eigenvalue weighted by Crippen LogP contribution is -2.43. The van der Waals surface area contributed by atoms with Crippen molar-refractivity contribution >= 4 is 11.8 Å². The topological polar surface area (TPSA) is 24.9 Å². The molecule has 88 valence electrons. The van der Waals surface area contributed by atoms with Crippen molar-refractivity contribution in [1.29, 1.82) is 0 Å². The van der Waals surface area contributed by atoms with Gasteiger partial charge in [0, 0.05) is 29.7 Å². The molecule has 0 radical (unpaired) electrons. The molecule has 16 heavy (non-hydrogen) atoms. The van der Waals surface area contributed by atoms with Crippen molar-refractivity contribution in [3.8, 4) is 0 Å². The molecule has 1 saturated carbocycles. The van der Waals surface area contributed by atoms with Gasteiger partial charge in [0.15, 0.2) is 0 Å². The maximum Gasteiger partial charge on any atom is 0.0293 e. The molecule has 1 aromatic heterocycles. The number of nitrogens with one attached hydrogen (secondary N) is 1. The summed E-state index contributed by atoms with van der Waals surface area (Å²) in [6.07, 6.45) is 10.1. The highest BCUT2D eigenvalue weighted by Crippen LogP contribution is 2.42. The Morgan fingerprint density at radius 1 is 1.44 bits per heavy atom. The smallest absolute Gasteiger partial charge is 0.0293 e. The van der Waals surface area contributed by atoms with Crippen molar-refractivity contribution < 1.29 is 0 Å². The summed E-state index contributed by atoms with van der Waals surface area (Å²) in [5, 5.41) is 3.64. The molecule has 1 N–H and O–H groups in total. The van der Waals surface area contributed by atoms with Crippen LogP contribution in [-0.2, 0) is 0 Å². The number of nitrogens with zero attached hydrogens (tertiary/aromatic N) is 1. The van der Waals surface area contributed by atoms with Crippen LogP contribution in [0.1, 0.15) is 37.8 Å². The van der Waals surface area contributed by atoms with E-state index in [1.807, 2.05) is 24.2 Å². The molecular weight excluding hydrogens is 216 g/mol. The van der Waals surface area contributed by atoms with E-state index in [1.54, 1.807) is 0 Å². The van der Waals surface area contributed by atoms with Crippen molar-refractivity contribution in [1.82, 2.24) is 10.3 Å². The van der Waals surface area contributed by atoms with Crippen LogP contribution in [0.4, 0.5) is 0 Å². The van der Waals surface area contributed by atoms with Crippen molar-refractivity contribution in [2.75, 3.05) is 12.8 Å². The molecule has 0 aliphatic heterocycles. The van der Waals surface area contributed by atoms with Gasteiger partial charge in [-0.25, -0.2) is 0 Å². The van der Waals surface area contributed by atoms with Crippen molar-refractivity contribution in [3.05, 3.63) is 30.1 Å². The molecule has 0 saturated heterocycles. The van der Waals surface area contributed by atoms with Crippen LogP contribution in [0.25, 0.3) is 0 Å². The van der Waals surface area contributed by atoms with Gasteiger partial charge in [-0.1, -0.05) is 6.42 Å². The molecule has 0 spiro atoms. The van der Waals surface area contributed by atoms with Crippen LogP contribution >= 0.6 is 11.8 Å². The average Bonchev–Trinajstić information content (AvgIpc) is 2.29. The zero-order chi connectivity index (χ0) is 11.4. The Balaban J connectivity index is 1.86. The summed E-state index contributed by atoms with van der Waals surface area (Å²) in [5.74, 6) is 0. The maximum absolute atomic E-state index is 4.05. The molecule has 1 heterocycles. The maximum atomic E-state index is 4.05. The third kappa shape index (κ3) is 2.58. The van der Waals surface area contributed by atoms with E-state index >= 15 is 0 Å². The minimum absolute atomic E-state index is 0.424. The first-order chi connectivity index (χ1) is 7.76. The molecule has 1 fully saturated rings. The van der Waals surface area contributed by atoms with Gasteiger partial charge in [-0.05, 0) is 43.7 Å². The molecule has 3 heteroatoms. The van der Waals surface area contributed by atoms with E-state index in [1.165, 1.54) is 24.8 Å². The molecule has 2 nitrogen and oxygen atoms in total. The Kier molecular flexibility index (Phi) is 3.87. The van der Waals surface area contributed by atoms with Crippen molar-refractivity contribution in [2.24, 2.45) is 0 Å². The first-order valence-corrected chi connectivity index (χ1v) is 7.17. The van der Waals surface area contributed by atoms with Crippen LogP contribution in [0.5, 0.6) is 0 Å². The second-order valence-electron chi connectivity index (χ2n) is 4.62. The zero-order valence-electron chi connectivity index (χ0n) is 10.1. The molecule has 1 aliphatic carbocycles. The van der Waals surface area contributed by atoms with Gasteiger partial charge in [-0.15, -0.1) is 0 Å². The Labute approximate surface area is 102 Å². The van der Waals surface area contributed by atoms with E-state index < -0.39 is 0 Å². The quantitative estimate of drug-likeness (QED) is 0.850. The second-order valence-corrected chi connectivity index (χ2v) is 5.90. The third-order valence-corrected chi connectivity index (χ3v) is 5.05. The van der Waals surface area contributed by atoms with Crippen LogP contribution in [0.2, 0.25) is 0 Å². The van der Waals surface area contributed by atoms with E-state index in [9.17, 15) is 0 Å². The number of hydrogen-bond donors (Lipinski definition) is 1. The number of thioether (sulfide) groups is 1. The number of pyridine rings is 1. The van der Waals surface area contributed by atoms with Crippen LogP contribution in [-0.4, -0.2) is 22.5 Å². The molecule has 2 rings (SSSR count). The number of hydrogen-bond acceptors (Lipinski definition) is 3. The third-order valence-electron chi connectivity index (χ3n) is 3.63. The molecular formula is C13H20N2S. The summed E-state index contributed by atoms with van der Waals surface area (Å²) in [4.78, 5) is 4.05. The summed E-state index contributed by atoms with van der Waals surface area (Å²) in [6, 6.07) is 4.60. The van der Waals surface area contributed by atoms with Gasteiger partial charge in [0.05, 0.1) is 0 Å². The first kappa shape index (κ1) is 11.9. The molecule has 1 aliphatic rings. The van der Waals surface area contributed by atoms with E-state index in [2.05, 4.69) is 35.6 Å². The summed E-state index contributed by atoms with van der Waals surface area (Å²) in [7, 11) is 0. The van der Waals surface area contributed by atoms with Gasteiger partial charge in [-0.2, -0.15) is 11.8 Å². The predicted octanol–water partition coefficient (Wildman–Crippen LogP) is 3.02. The standard InChI is InChI=1S/C13H20N2S/c1-11(12-4-8-14-9-5-12)15-10-13(16-2)6-3-7-13/h4-5,8-9,11,15H,3,6-7,10H2,1-2H3. The predicted molar refractivity (Wildman–Crippen MR) is 70.8 cm³/mol. The zero-order valence-corrected chi connectivity index (χ0v) is 10.9. The van der Waals surface area contributed by atoms with E-state index in [0.29, 0.717) is 10.8 Å². The number of rotatable bonds is 5. The summed E-state index contributed by atoms with van der Waals surface area (Å²) >= 11 is 2.02. The minimum Gasteiger partial charge on any atom is -0.309 e. The fourth-order valence-electron chi connectivity index (χ4n) is 2.13. The Morgan fingerprint density at radius 2 is 2.12 bits per heavy atom. The summed E-state index contributed by atoms with van der Waals surface area (Å²) in [6.45, 7) is 3.35. The van der Waals surface area contributed by atoms with Gasteiger partial charge in [-0.3, -0.25) is 4.98 Å². The highest BCUT2D eigenvalue weighted by atomic mass is 32.2. The fraction of sp³-hybridized carbons (Fsp3) is 0.615. The molecule has 1 atom stereocenters. The highest BCUT2D eigenvalue weighted by Gasteiger charge is 2.35. The molecule has 0 amide bonds. The highest BCUT2D eigenvalue weighted by molar-refractivity contribution is 8.00. The fourth-order valence-corrected chi connectivity index (χ4v) is 3.06. The molecule has 1 unspecified atom stereocenters. The Bertz CT molecular complexity index is 316. The SMILES string of the molecule is CSC1(CNC(C)c2ccncc2)CCC1. The van der Waals surface area contributed by atoms with Gasteiger partial charge < -0.3 is 5.32 Å². The summed E-state index contributed by atoms with van der Waals surface area (Å²) in [5.41, 5.74) is 1.32. The minimum atomic E-state index is 0.424. The van der Waals surface area contributed by atoms with Crippen molar-refractivity contribution in [3.63, 3.8) is 0 Å². The van der Waals surface area contributed by atoms with Gasteiger partial charge >= 0.3 is 0 Å². The lowest BCUT2D eigenvalue weighted by Gasteiger charge is -2.41. The lowest BCUT2D eigenvalue weighted by atomic mass is 9.84. The van der Waals surface area contributed by atoms with E-state index in [0.717, 1.165) is 6.54 Å². The Morgan fingerprint density at radius 3 is 2.62 bits per heavy atom. The van der Waals surface area contributed by atoms with Crippen LogP contribution in [0.3, 0.4) is 0 Å². The van der Waals surface area contributed by atoms with Gasteiger partial charge in [0.25, 0.3) is 0 Å². The van der Waals surface area contributed by atoms with Crippen molar-refractivity contribution in [2.45, 2.75) is 37.0 Å². The normalized spacial score (nSPS) is 20.1. The molecule has 1 aromatic rings. The summed E-state index contributed by atoms with van der Waals surface area (Å²) < 4.78 is 0.515. The monoisotopic (exact) mass is 236 g/mol. The van der Waals surface area contributed by atoms with Crippen LogP contribution < -0.4 is 5.32 Å². The van der Waals surface area contributed by atoms with Gasteiger partial charge in [0.2, 0.25) is 0 Å².